The van der Waals surface area contributed by atoms with Gasteiger partial charge in [0.15, 0.2) is 4.91 Å². The number of imide groups is 1. The second kappa shape index (κ2) is 6.99. The predicted molar refractivity (Wildman–Crippen MR) is 95.8 cm³/mol. The van der Waals surface area contributed by atoms with E-state index in [1.807, 2.05) is 0 Å². The van der Waals surface area contributed by atoms with Crippen LogP contribution >= 0.6 is 0 Å². The lowest BCUT2D eigenvalue weighted by atomic mass is 10.1. The molecule has 0 saturated heterocycles. The van der Waals surface area contributed by atoms with Crippen molar-refractivity contribution in [2.75, 3.05) is 11.3 Å². The zero-order chi connectivity index (χ0) is 19.7. The first-order valence-corrected chi connectivity index (χ1v) is 9.46. The molecule has 1 unspecified atom stereocenters. The Morgan fingerprint density at radius 2 is 1.85 bits per heavy atom. The maximum absolute atomic E-state index is 12.6. The SMILES string of the molecule is CC1CN(C(=O)OC(C)(C)C)C(=O)C(S(=O)(=O)Nc2ccccc2)=C1O. The Morgan fingerprint density at radius 1 is 1.27 bits per heavy atom. The molecule has 1 heterocycles. The summed E-state index contributed by atoms with van der Waals surface area (Å²) >= 11 is 0. The summed E-state index contributed by atoms with van der Waals surface area (Å²) < 4.78 is 32.7. The van der Waals surface area contributed by atoms with Crippen molar-refractivity contribution < 1.29 is 27.9 Å². The molecule has 0 saturated carbocycles. The number of aliphatic hydroxyl groups excluding tert-OH is 1. The van der Waals surface area contributed by atoms with E-state index in [1.165, 1.54) is 19.1 Å². The van der Waals surface area contributed by atoms with Gasteiger partial charge in [-0.05, 0) is 32.9 Å². The van der Waals surface area contributed by atoms with Crippen molar-refractivity contribution in [3.8, 4) is 0 Å². The highest BCUT2D eigenvalue weighted by Gasteiger charge is 2.43. The molecule has 1 atom stereocenters. The lowest BCUT2D eigenvalue weighted by Crippen LogP contribution is -2.48. The third-order valence-corrected chi connectivity index (χ3v) is 4.93. The molecule has 0 fully saturated rings. The van der Waals surface area contributed by atoms with Crippen LogP contribution in [0.1, 0.15) is 27.7 Å². The highest BCUT2D eigenvalue weighted by molar-refractivity contribution is 7.97. The zero-order valence-corrected chi connectivity index (χ0v) is 15.8. The molecule has 1 aliphatic rings. The minimum absolute atomic E-state index is 0.177. The maximum Gasteiger partial charge on any atom is 0.417 e. The van der Waals surface area contributed by atoms with Gasteiger partial charge in [-0.15, -0.1) is 0 Å². The van der Waals surface area contributed by atoms with Crippen molar-refractivity contribution >= 4 is 27.7 Å². The molecule has 142 valence electrons. The summed E-state index contributed by atoms with van der Waals surface area (Å²) in [4.78, 5) is 24.7. The highest BCUT2D eigenvalue weighted by atomic mass is 32.2. The smallest absolute Gasteiger partial charge is 0.417 e. The molecule has 2 N–H and O–H groups in total. The average Bonchev–Trinajstić information content (AvgIpc) is 2.49. The van der Waals surface area contributed by atoms with Crippen molar-refractivity contribution in [3.63, 3.8) is 0 Å². The molecular formula is C17H22N2O6S. The molecule has 0 radical (unpaired) electrons. The standard InChI is InChI=1S/C17H22N2O6S/c1-11-10-19(16(22)25-17(2,3)4)15(21)14(13(11)20)26(23,24)18-12-8-6-5-7-9-12/h5-9,11,18,20H,10H2,1-4H3. The second-order valence-electron chi connectivity index (χ2n) is 6.98. The Hall–Kier alpha value is -2.55. The number of rotatable bonds is 3. The van der Waals surface area contributed by atoms with Crippen LogP contribution in [0.2, 0.25) is 0 Å². The third-order valence-electron chi connectivity index (χ3n) is 3.50. The van der Waals surface area contributed by atoms with E-state index < -0.39 is 44.2 Å². The van der Waals surface area contributed by atoms with E-state index in [1.54, 1.807) is 39.0 Å². The van der Waals surface area contributed by atoms with Crippen LogP contribution in [0.3, 0.4) is 0 Å². The quantitative estimate of drug-likeness (QED) is 0.831. The van der Waals surface area contributed by atoms with Crippen LogP contribution in [0.15, 0.2) is 41.0 Å². The molecule has 9 heteroatoms. The number of amides is 2. The molecule has 2 rings (SSSR count). The zero-order valence-electron chi connectivity index (χ0n) is 15.0. The lowest BCUT2D eigenvalue weighted by Gasteiger charge is -2.32. The van der Waals surface area contributed by atoms with Gasteiger partial charge in [0, 0.05) is 18.2 Å². The van der Waals surface area contributed by atoms with Crippen LogP contribution in [0.4, 0.5) is 10.5 Å². The number of para-hydroxylation sites is 1. The Kier molecular flexibility index (Phi) is 5.31. The Bertz CT molecular complexity index is 840. The van der Waals surface area contributed by atoms with Gasteiger partial charge in [-0.1, -0.05) is 25.1 Å². The number of anilines is 1. The van der Waals surface area contributed by atoms with E-state index in [2.05, 4.69) is 4.72 Å². The van der Waals surface area contributed by atoms with E-state index in [0.717, 1.165) is 0 Å². The lowest BCUT2D eigenvalue weighted by molar-refractivity contribution is -0.127. The fourth-order valence-electron chi connectivity index (χ4n) is 2.34. The number of carbonyl (C=O) groups is 2. The second-order valence-corrected chi connectivity index (χ2v) is 8.60. The summed E-state index contributed by atoms with van der Waals surface area (Å²) in [6.45, 7) is 6.22. The monoisotopic (exact) mass is 382 g/mol. The van der Waals surface area contributed by atoms with Crippen LogP contribution in [0.5, 0.6) is 0 Å². The summed E-state index contributed by atoms with van der Waals surface area (Å²) in [5.41, 5.74) is -0.631. The summed E-state index contributed by atoms with van der Waals surface area (Å²) in [7, 11) is -4.40. The molecule has 2 amide bonds. The molecule has 1 aromatic rings. The van der Waals surface area contributed by atoms with E-state index in [0.29, 0.717) is 4.90 Å². The maximum atomic E-state index is 12.6. The number of nitrogens with one attached hydrogen (secondary N) is 1. The predicted octanol–water partition coefficient (Wildman–Crippen LogP) is 2.61. The topological polar surface area (TPSA) is 113 Å². The fourth-order valence-corrected chi connectivity index (χ4v) is 3.70. The number of hydrogen-bond acceptors (Lipinski definition) is 6. The van der Waals surface area contributed by atoms with Crippen molar-refractivity contribution in [2.45, 2.75) is 33.3 Å². The van der Waals surface area contributed by atoms with Gasteiger partial charge in [0.2, 0.25) is 0 Å². The van der Waals surface area contributed by atoms with Crippen LogP contribution < -0.4 is 4.72 Å². The summed E-state index contributed by atoms with van der Waals surface area (Å²) in [6, 6.07) is 7.93. The van der Waals surface area contributed by atoms with E-state index in [4.69, 9.17) is 4.74 Å². The first-order chi connectivity index (χ1) is 11.9. The third kappa shape index (κ3) is 4.34. The number of sulfonamides is 1. The molecular weight excluding hydrogens is 360 g/mol. The molecule has 0 aromatic heterocycles. The van der Waals surface area contributed by atoms with Crippen LogP contribution in [-0.4, -0.2) is 42.6 Å². The van der Waals surface area contributed by atoms with Crippen LogP contribution in [-0.2, 0) is 19.6 Å². The number of nitrogens with zero attached hydrogens (tertiary/aromatic N) is 1. The number of aliphatic hydroxyl groups is 1. The van der Waals surface area contributed by atoms with Gasteiger partial charge in [-0.3, -0.25) is 9.52 Å². The van der Waals surface area contributed by atoms with E-state index >= 15 is 0 Å². The highest BCUT2D eigenvalue weighted by Crippen LogP contribution is 2.28. The summed E-state index contributed by atoms with van der Waals surface area (Å²) in [5, 5.41) is 10.2. The van der Waals surface area contributed by atoms with Gasteiger partial charge in [-0.2, -0.15) is 0 Å². The number of hydrogen-bond donors (Lipinski definition) is 2. The van der Waals surface area contributed by atoms with Gasteiger partial charge in [0.05, 0.1) is 0 Å². The van der Waals surface area contributed by atoms with Gasteiger partial charge in [0.1, 0.15) is 11.4 Å². The Balaban J connectivity index is 2.38. The molecule has 26 heavy (non-hydrogen) atoms. The van der Waals surface area contributed by atoms with E-state index in [-0.39, 0.29) is 12.2 Å². The summed E-state index contributed by atoms with van der Waals surface area (Å²) in [5.74, 6) is -2.46. The molecule has 0 spiro atoms. The number of ether oxygens (including phenoxy) is 1. The molecule has 0 bridgehead atoms. The van der Waals surface area contributed by atoms with Gasteiger partial charge >= 0.3 is 6.09 Å². The van der Waals surface area contributed by atoms with Gasteiger partial charge < -0.3 is 9.84 Å². The van der Waals surface area contributed by atoms with Gasteiger partial charge in [-0.25, -0.2) is 18.1 Å². The van der Waals surface area contributed by atoms with Crippen molar-refractivity contribution in [3.05, 3.63) is 41.0 Å². The molecule has 8 nitrogen and oxygen atoms in total. The van der Waals surface area contributed by atoms with Crippen molar-refractivity contribution in [2.24, 2.45) is 5.92 Å². The largest absolute Gasteiger partial charge is 0.510 e. The first kappa shape index (κ1) is 19.8. The number of carbonyl (C=O) groups excluding carboxylic acids is 2. The molecule has 1 aliphatic heterocycles. The Morgan fingerprint density at radius 3 is 2.38 bits per heavy atom. The molecule has 0 aliphatic carbocycles. The number of benzene rings is 1. The molecule has 1 aromatic carbocycles. The Labute approximate surface area is 152 Å². The van der Waals surface area contributed by atoms with Crippen LogP contribution in [0.25, 0.3) is 0 Å². The van der Waals surface area contributed by atoms with E-state index in [9.17, 15) is 23.1 Å². The first-order valence-electron chi connectivity index (χ1n) is 7.98. The summed E-state index contributed by atoms with van der Waals surface area (Å²) in [6.07, 6.45) is -0.964. The normalized spacial score (nSPS) is 18.7. The fraction of sp³-hybridized carbons (Fsp3) is 0.412. The average molecular weight is 382 g/mol. The van der Waals surface area contributed by atoms with Gasteiger partial charge in [0.25, 0.3) is 15.9 Å². The minimum Gasteiger partial charge on any atom is -0.510 e. The van der Waals surface area contributed by atoms with Crippen LogP contribution in [0, 0.1) is 5.92 Å². The minimum atomic E-state index is -4.40. The van der Waals surface area contributed by atoms with Crippen molar-refractivity contribution in [1.29, 1.82) is 0 Å². The van der Waals surface area contributed by atoms with Crippen molar-refractivity contribution in [1.82, 2.24) is 4.90 Å².